The zero-order valence-electron chi connectivity index (χ0n) is 19.4. The number of dihydropyridines is 1. The van der Waals surface area contributed by atoms with E-state index < -0.39 is 23.8 Å². The van der Waals surface area contributed by atoms with Gasteiger partial charge in [-0.3, -0.25) is 9.59 Å². The van der Waals surface area contributed by atoms with Crippen molar-refractivity contribution in [3.8, 4) is 0 Å². The number of ketones is 1. The lowest BCUT2D eigenvalue weighted by Gasteiger charge is -2.37. The van der Waals surface area contributed by atoms with Gasteiger partial charge in [0.25, 0.3) is 0 Å². The summed E-state index contributed by atoms with van der Waals surface area (Å²) in [5, 5.41) is 3.26. The zero-order chi connectivity index (χ0) is 23.6. The molecule has 0 amide bonds. The van der Waals surface area contributed by atoms with Crippen molar-refractivity contribution in [1.82, 2.24) is 5.32 Å². The molecule has 0 unspecified atom stereocenters. The topological polar surface area (TPSA) is 90.9 Å². The van der Waals surface area contributed by atoms with E-state index in [1.807, 2.05) is 46.8 Å². The van der Waals surface area contributed by atoms with E-state index in [1.165, 1.54) is 18.4 Å². The number of hydrogen-bond donors (Lipinski definition) is 1. The number of carbonyl (C=O) groups is 3. The first-order chi connectivity index (χ1) is 15.1. The standard InChI is InChI=1S/C24H31NO6S/c1-12(2)30-9-10-31-24(28)19-15(5)25-16-11-13(3)18(23(27)29-6)22(26)20(16)21(19)17-8-7-14(4)32-17/h7-8,12-13,18,21,25H,9-11H2,1-6H3/t13-,18+,21+/m1/s1. The minimum absolute atomic E-state index is 0.0395. The Morgan fingerprint density at radius 1 is 1.22 bits per heavy atom. The molecule has 0 fully saturated rings. The van der Waals surface area contributed by atoms with Gasteiger partial charge < -0.3 is 19.5 Å². The van der Waals surface area contributed by atoms with Crippen molar-refractivity contribution in [3.05, 3.63) is 44.4 Å². The molecule has 2 heterocycles. The van der Waals surface area contributed by atoms with Gasteiger partial charge in [0.1, 0.15) is 12.5 Å². The molecule has 3 atom stereocenters. The highest BCUT2D eigenvalue weighted by Crippen LogP contribution is 2.46. The first kappa shape index (κ1) is 24.2. The molecule has 0 spiro atoms. The number of thiophene rings is 1. The Balaban J connectivity index is 2.00. The highest BCUT2D eigenvalue weighted by Gasteiger charge is 2.47. The molecule has 1 aliphatic heterocycles. The third-order valence-electron chi connectivity index (χ3n) is 5.78. The molecule has 8 heteroatoms. The number of Topliss-reactive ketones (excluding diaryl/α,β-unsaturated/α-hetero) is 1. The fraction of sp³-hybridized carbons (Fsp3) is 0.542. The molecule has 0 bridgehead atoms. The van der Waals surface area contributed by atoms with Gasteiger partial charge in [0.2, 0.25) is 0 Å². The third-order valence-corrected chi connectivity index (χ3v) is 6.84. The largest absolute Gasteiger partial charge is 0.468 e. The van der Waals surface area contributed by atoms with Gasteiger partial charge in [-0.15, -0.1) is 11.3 Å². The summed E-state index contributed by atoms with van der Waals surface area (Å²) < 4.78 is 15.9. The highest BCUT2D eigenvalue weighted by atomic mass is 32.1. The van der Waals surface area contributed by atoms with Gasteiger partial charge in [-0.25, -0.2) is 4.79 Å². The summed E-state index contributed by atoms with van der Waals surface area (Å²) in [6, 6.07) is 3.90. The van der Waals surface area contributed by atoms with Crippen molar-refractivity contribution in [2.45, 2.75) is 53.1 Å². The second-order valence-corrected chi connectivity index (χ2v) is 9.86. The van der Waals surface area contributed by atoms with E-state index >= 15 is 0 Å². The van der Waals surface area contributed by atoms with Gasteiger partial charge in [0, 0.05) is 26.7 Å². The number of esters is 2. The Bertz CT molecular complexity index is 973. The van der Waals surface area contributed by atoms with Gasteiger partial charge in [-0.2, -0.15) is 0 Å². The van der Waals surface area contributed by atoms with Crippen LogP contribution < -0.4 is 5.32 Å². The molecule has 3 rings (SSSR count). The minimum Gasteiger partial charge on any atom is -0.468 e. The number of ether oxygens (including phenoxy) is 3. The van der Waals surface area contributed by atoms with Gasteiger partial charge in [0.05, 0.1) is 31.3 Å². The lowest BCUT2D eigenvalue weighted by molar-refractivity contribution is -0.151. The molecule has 0 aromatic carbocycles. The minimum atomic E-state index is -0.890. The molecule has 1 aromatic rings. The van der Waals surface area contributed by atoms with Crippen LogP contribution in [0.4, 0.5) is 0 Å². The number of methoxy groups -OCH3 is 1. The van der Waals surface area contributed by atoms with Gasteiger partial charge >= 0.3 is 11.9 Å². The SMILES string of the molecule is COC(=O)[C@@H]1C(=O)C2=C(C[C@H]1C)NC(C)=C(C(=O)OCCOC(C)C)[C@@H]2c1ccc(C)s1. The molecule has 0 saturated carbocycles. The second-order valence-electron chi connectivity index (χ2n) is 8.54. The monoisotopic (exact) mass is 461 g/mol. The number of rotatable bonds is 7. The van der Waals surface area contributed by atoms with Crippen LogP contribution in [-0.4, -0.2) is 44.1 Å². The van der Waals surface area contributed by atoms with Crippen LogP contribution in [-0.2, 0) is 28.6 Å². The molecule has 1 aromatic heterocycles. The van der Waals surface area contributed by atoms with E-state index in [-0.39, 0.29) is 24.4 Å². The number of carbonyl (C=O) groups excluding carboxylic acids is 3. The Labute approximate surface area is 192 Å². The summed E-state index contributed by atoms with van der Waals surface area (Å²) in [6.07, 6.45) is 0.557. The summed E-state index contributed by atoms with van der Waals surface area (Å²) >= 11 is 1.53. The predicted molar refractivity (Wildman–Crippen MR) is 121 cm³/mol. The fourth-order valence-corrected chi connectivity index (χ4v) is 5.34. The van der Waals surface area contributed by atoms with Gasteiger partial charge in [-0.05, 0) is 52.2 Å². The molecule has 32 heavy (non-hydrogen) atoms. The van der Waals surface area contributed by atoms with Crippen LogP contribution in [0.5, 0.6) is 0 Å². The summed E-state index contributed by atoms with van der Waals surface area (Å²) in [5.74, 6) is -3.02. The normalized spacial score (nSPS) is 23.2. The number of allylic oxidation sites excluding steroid dienone is 3. The van der Waals surface area contributed by atoms with Crippen LogP contribution in [0.25, 0.3) is 0 Å². The number of nitrogens with one attached hydrogen (secondary N) is 1. The molecule has 0 radical (unpaired) electrons. The maximum absolute atomic E-state index is 13.6. The molecule has 7 nitrogen and oxygen atoms in total. The zero-order valence-corrected chi connectivity index (χ0v) is 20.3. The summed E-state index contributed by atoms with van der Waals surface area (Å²) in [4.78, 5) is 41.1. The van der Waals surface area contributed by atoms with Crippen molar-refractivity contribution in [2.75, 3.05) is 20.3 Å². The lowest BCUT2D eigenvalue weighted by atomic mass is 9.70. The van der Waals surface area contributed by atoms with Crippen molar-refractivity contribution < 1.29 is 28.6 Å². The smallest absolute Gasteiger partial charge is 0.336 e. The first-order valence-corrected chi connectivity index (χ1v) is 11.6. The van der Waals surface area contributed by atoms with Crippen molar-refractivity contribution >= 4 is 29.1 Å². The number of aryl methyl sites for hydroxylation is 1. The van der Waals surface area contributed by atoms with Crippen molar-refractivity contribution in [3.63, 3.8) is 0 Å². The van der Waals surface area contributed by atoms with Crippen LogP contribution in [0, 0.1) is 18.8 Å². The average molecular weight is 462 g/mol. The van der Waals surface area contributed by atoms with Crippen LogP contribution in [0.2, 0.25) is 0 Å². The second kappa shape index (κ2) is 10.0. The lowest BCUT2D eigenvalue weighted by Crippen LogP contribution is -2.43. The Kier molecular flexibility index (Phi) is 7.56. The molecular formula is C24H31NO6S. The summed E-state index contributed by atoms with van der Waals surface area (Å²) in [5.41, 5.74) is 2.26. The highest BCUT2D eigenvalue weighted by molar-refractivity contribution is 7.12. The van der Waals surface area contributed by atoms with Crippen LogP contribution in [0.15, 0.2) is 34.7 Å². The Morgan fingerprint density at radius 2 is 1.94 bits per heavy atom. The fourth-order valence-electron chi connectivity index (χ4n) is 4.34. The van der Waals surface area contributed by atoms with E-state index in [2.05, 4.69) is 5.32 Å². The van der Waals surface area contributed by atoms with E-state index in [9.17, 15) is 14.4 Å². The van der Waals surface area contributed by atoms with Crippen LogP contribution in [0.3, 0.4) is 0 Å². The first-order valence-electron chi connectivity index (χ1n) is 10.8. The van der Waals surface area contributed by atoms with Crippen molar-refractivity contribution in [1.29, 1.82) is 0 Å². The molecule has 174 valence electrons. The van der Waals surface area contributed by atoms with Crippen LogP contribution in [0.1, 0.15) is 49.8 Å². The Morgan fingerprint density at radius 3 is 2.53 bits per heavy atom. The quantitative estimate of drug-likeness (QED) is 0.377. The van der Waals surface area contributed by atoms with Gasteiger partial charge in [0.15, 0.2) is 5.78 Å². The average Bonchev–Trinajstić information content (AvgIpc) is 3.15. The van der Waals surface area contributed by atoms with E-state index in [1.54, 1.807) is 0 Å². The molecular weight excluding hydrogens is 430 g/mol. The van der Waals surface area contributed by atoms with Crippen molar-refractivity contribution in [2.24, 2.45) is 11.8 Å². The summed E-state index contributed by atoms with van der Waals surface area (Å²) in [6.45, 7) is 9.90. The van der Waals surface area contributed by atoms with E-state index in [0.29, 0.717) is 29.9 Å². The molecule has 0 saturated heterocycles. The predicted octanol–water partition coefficient (Wildman–Crippen LogP) is 3.64. The molecule has 1 aliphatic carbocycles. The summed E-state index contributed by atoms with van der Waals surface area (Å²) in [7, 11) is 1.29. The van der Waals surface area contributed by atoms with E-state index in [0.717, 1.165) is 15.5 Å². The van der Waals surface area contributed by atoms with E-state index in [4.69, 9.17) is 14.2 Å². The maximum Gasteiger partial charge on any atom is 0.336 e. The Hall–Kier alpha value is -2.45. The number of hydrogen-bond acceptors (Lipinski definition) is 8. The molecule has 1 N–H and O–H groups in total. The molecule has 2 aliphatic rings. The maximum atomic E-state index is 13.6. The third kappa shape index (κ3) is 4.81. The van der Waals surface area contributed by atoms with Gasteiger partial charge in [-0.1, -0.05) is 6.92 Å². The van der Waals surface area contributed by atoms with Crippen LogP contribution >= 0.6 is 11.3 Å².